The third kappa shape index (κ3) is 3.76. The Hall–Kier alpha value is -1.92. The van der Waals surface area contributed by atoms with Gasteiger partial charge in [-0.1, -0.05) is 43.2 Å². The molecule has 1 aliphatic carbocycles. The Bertz CT molecular complexity index is 694. The molecule has 0 bridgehead atoms. The first-order valence-electron chi connectivity index (χ1n) is 8.30. The predicted octanol–water partition coefficient (Wildman–Crippen LogP) is 3.22. The molecule has 0 radical (unpaired) electrons. The van der Waals surface area contributed by atoms with Crippen molar-refractivity contribution in [1.29, 1.82) is 0 Å². The van der Waals surface area contributed by atoms with Crippen LogP contribution in [0.15, 0.2) is 30.3 Å². The van der Waals surface area contributed by atoms with Gasteiger partial charge in [-0.3, -0.25) is 0 Å². The zero-order chi connectivity index (χ0) is 17.0. The van der Waals surface area contributed by atoms with E-state index in [1.165, 1.54) is 0 Å². The van der Waals surface area contributed by atoms with Crippen LogP contribution in [0.4, 0.5) is 4.79 Å². The Morgan fingerprint density at radius 3 is 2.67 bits per heavy atom. The summed E-state index contributed by atoms with van der Waals surface area (Å²) in [4.78, 5) is 17.8. The summed E-state index contributed by atoms with van der Waals surface area (Å²) in [5, 5.41) is 16.4. The van der Waals surface area contributed by atoms with Crippen molar-refractivity contribution in [2.75, 3.05) is 6.61 Å². The van der Waals surface area contributed by atoms with Gasteiger partial charge in [0.25, 0.3) is 0 Å². The molecular formula is C18H23N3O2S. The molecule has 1 saturated carbocycles. The number of carbonyl (C=O) groups is 1. The van der Waals surface area contributed by atoms with E-state index in [2.05, 4.69) is 15.6 Å². The number of aryl methyl sites for hydroxylation is 1. The number of hydrogen-bond acceptors (Lipinski definition) is 4. The van der Waals surface area contributed by atoms with E-state index in [9.17, 15) is 9.90 Å². The second-order valence-electron chi connectivity index (χ2n) is 6.35. The van der Waals surface area contributed by atoms with Crippen molar-refractivity contribution in [2.24, 2.45) is 0 Å². The van der Waals surface area contributed by atoms with Gasteiger partial charge in [0.15, 0.2) is 0 Å². The second-order valence-corrected chi connectivity index (χ2v) is 7.43. The van der Waals surface area contributed by atoms with Crippen molar-refractivity contribution in [3.63, 3.8) is 0 Å². The second kappa shape index (κ2) is 7.32. The van der Waals surface area contributed by atoms with Crippen molar-refractivity contribution in [2.45, 2.75) is 44.7 Å². The van der Waals surface area contributed by atoms with Crippen molar-refractivity contribution in [1.82, 2.24) is 15.6 Å². The van der Waals surface area contributed by atoms with E-state index in [4.69, 9.17) is 0 Å². The quantitative estimate of drug-likeness (QED) is 0.779. The molecule has 2 aromatic rings. The number of aromatic nitrogens is 1. The average molecular weight is 345 g/mol. The fraction of sp³-hybridized carbons (Fsp3) is 0.444. The van der Waals surface area contributed by atoms with Crippen molar-refractivity contribution < 1.29 is 9.90 Å². The minimum atomic E-state index is -0.442. The molecule has 3 rings (SSSR count). The Kier molecular flexibility index (Phi) is 5.16. The largest absolute Gasteiger partial charge is 0.394 e. The van der Waals surface area contributed by atoms with Crippen LogP contribution in [-0.2, 0) is 6.54 Å². The maximum absolute atomic E-state index is 12.2. The van der Waals surface area contributed by atoms with Gasteiger partial charge >= 0.3 is 6.03 Å². The van der Waals surface area contributed by atoms with Crippen LogP contribution in [0.25, 0.3) is 10.6 Å². The first-order valence-corrected chi connectivity index (χ1v) is 9.12. The lowest BCUT2D eigenvalue weighted by molar-refractivity contribution is 0.163. The van der Waals surface area contributed by atoms with Gasteiger partial charge in [-0.25, -0.2) is 9.78 Å². The van der Waals surface area contributed by atoms with Gasteiger partial charge < -0.3 is 15.7 Å². The van der Waals surface area contributed by atoms with Gasteiger partial charge in [0.05, 0.1) is 24.4 Å². The molecule has 1 heterocycles. The van der Waals surface area contributed by atoms with E-state index in [1.54, 1.807) is 11.3 Å². The molecule has 0 spiro atoms. The number of benzene rings is 1. The highest BCUT2D eigenvalue weighted by molar-refractivity contribution is 7.15. The Morgan fingerprint density at radius 2 is 2.00 bits per heavy atom. The number of carbonyl (C=O) groups excluding carboxylic acids is 1. The van der Waals surface area contributed by atoms with Crippen molar-refractivity contribution in [3.8, 4) is 10.6 Å². The van der Waals surface area contributed by atoms with E-state index >= 15 is 0 Å². The maximum Gasteiger partial charge on any atom is 0.315 e. The van der Waals surface area contributed by atoms with Gasteiger partial charge in [-0.2, -0.15) is 0 Å². The van der Waals surface area contributed by atoms with Crippen LogP contribution in [0.1, 0.15) is 36.3 Å². The summed E-state index contributed by atoms with van der Waals surface area (Å²) in [5.41, 5.74) is 1.59. The van der Waals surface area contributed by atoms with Crippen LogP contribution in [0.2, 0.25) is 0 Å². The number of urea groups is 1. The van der Waals surface area contributed by atoms with E-state index in [1.807, 2.05) is 37.3 Å². The Morgan fingerprint density at radius 1 is 1.29 bits per heavy atom. The van der Waals surface area contributed by atoms with Crippen LogP contribution in [0.3, 0.4) is 0 Å². The molecule has 24 heavy (non-hydrogen) atoms. The molecule has 0 atom stereocenters. The molecule has 5 nitrogen and oxygen atoms in total. The summed E-state index contributed by atoms with van der Waals surface area (Å²) >= 11 is 1.60. The van der Waals surface area contributed by atoms with Crippen LogP contribution < -0.4 is 10.6 Å². The number of aliphatic hydroxyl groups is 1. The summed E-state index contributed by atoms with van der Waals surface area (Å²) < 4.78 is 0. The summed E-state index contributed by atoms with van der Waals surface area (Å²) in [5.74, 6) is 0. The summed E-state index contributed by atoms with van der Waals surface area (Å²) in [7, 11) is 0. The van der Waals surface area contributed by atoms with E-state index in [0.717, 1.165) is 46.8 Å². The van der Waals surface area contributed by atoms with E-state index < -0.39 is 5.54 Å². The number of rotatable bonds is 5. The summed E-state index contributed by atoms with van der Waals surface area (Å²) in [6.07, 6.45) is 3.79. The molecule has 1 aromatic carbocycles. The number of thiazole rings is 1. The molecule has 0 saturated heterocycles. The predicted molar refractivity (Wildman–Crippen MR) is 95.9 cm³/mol. The average Bonchev–Trinajstić information content (AvgIpc) is 3.21. The van der Waals surface area contributed by atoms with Gasteiger partial charge in [-0.15, -0.1) is 11.3 Å². The third-order valence-electron chi connectivity index (χ3n) is 4.56. The summed E-state index contributed by atoms with van der Waals surface area (Å²) in [6, 6.07) is 9.82. The normalized spacial score (nSPS) is 16.1. The SMILES string of the molecule is Cc1nc(-c2ccccc2)sc1CNC(=O)NC1(CO)CCCC1. The highest BCUT2D eigenvalue weighted by atomic mass is 32.1. The maximum atomic E-state index is 12.2. The van der Waals surface area contributed by atoms with Crippen LogP contribution in [0.5, 0.6) is 0 Å². The molecule has 1 aliphatic rings. The minimum Gasteiger partial charge on any atom is -0.394 e. The van der Waals surface area contributed by atoms with Crippen molar-refractivity contribution >= 4 is 17.4 Å². The van der Waals surface area contributed by atoms with Crippen LogP contribution in [0, 0.1) is 6.92 Å². The topological polar surface area (TPSA) is 74.2 Å². The standard InChI is InChI=1S/C18H23N3O2S/c1-13-15(24-16(20-13)14-7-3-2-4-8-14)11-19-17(23)21-18(12-22)9-5-6-10-18/h2-4,7-8,22H,5-6,9-12H2,1H3,(H2,19,21,23). The molecular weight excluding hydrogens is 322 g/mol. The smallest absolute Gasteiger partial charge is 0.315 e. The zero-order valence-corrected chi connectivity index (χ0v) is 14.7. The molecule has 3 N–H and O–H groups in total. The number of nitrogens with zero attached hydrogens (tertiary/aromatic N) is 1. The monoisotopic (exact) mass is 345 g/mol. The Labute approximate surface area is 146 Å². The molecule has 2 amide bonds. The van der Waals surface area contributed by atoms with Crippen LogP contribution >= 0.6 is 11.3 Å². The lowest BCUT2D eigenvalue weighted by atomic mass is 9.99. The fourth-order valence-electron chi connectivity index (χ4n) is 3.12. The number of hydrogen-bond donors (Lipinski definition) is 3. The molecule has 128 valence electrons. The van der Waals surface area contributed by atoms with E-state index in [-0.39, 0.29) is 12.6 Å². The third-order valence-corrected chi connectivity index (χ3v) is 5.77. The zero-order valence-electron chi connectivity index (χ0n) is 13.8. The highest BCUT2D eigenvalue weighted by Gasteiger charge is 2.34. The van der Waals surface area contributed by atoms with Gasteiger partial charge in [0, 0.05) is 10.4 Å². The molecule has 1 aromatic heterocycles. The molecule has 6 heteroatoms. The van der Waals surface area contributed by atoms with Crippen molar-refractivity contribution in [3.05, 3.63) is 40.9 Å². The highest BCUT2D eigenvalue weighted by Crippen LogP contribution is 2.29. The number of nitrogens with one attached hydrogen (secondary N) is 2. The number of aliphatic hydroxyl groups excluding tert-OH is 1. The first kappa shape index (κ1) is 16.9. The van der Waals surface area contributed by atoms with Gasteiger partial charge in [-0.05, 0) is 19.8 Å². The Balaban J connectivity index is 1.60. The molecule has 0 aliphatic heterocycles. The van der Waals surface area contributed by atoms with Gasteiger partial charge in [0.1, 0.15) is 5.01 Å². The van der Waals surface area contributed by atoms with Crippen LogP contribution in [-0.4, -0.2) is 28.3 Å². The van der Waals surface area contributed by atoms with Gasteiger partial charge in [0.2, 0.25) is 0 Å². The fourth-order valence-corrected chi connectivity index (χ4v) is 4.12. The first-order chi connectivity index (χ1) is 11.6. The lowest BCUT2D eigenvalue weighted by Gasteiger charge is -2.27. The minimum absolute atomic E-state index is 0.00182. The summed E-state index contributed by atoms with van der Waals surface area (Å²) in [6.45, 7) is 2.41. The molecule has 0 unspecified atom stereocenters. The van der Waals surface area contributed by atoms with E-state index in [0.29, 0.717) is 6.54 Å². The lowest BCUT2D eigenvalue weighted by Crippen LogP contribution is -2.52. The number of amides is 2. The molecule has 1 fully saturated rings.